The molecule has 0 radical (unpaired) electrons. The molecule has 2 atom stereocenters. The normalized spacial score (nSPS) is 14.3. The predicted octanol–water partition coefficient (Wildman–Crippen LogP) is 3.53. The molecule has 136 valence electrons. The third-order valence-electron chi connectivity index (χ3n) is 4.07. The van der Waals surface area contributed by atoms with Gasteiger partial charge in [-0.3, -0.25) is 4.79 Å². The predicted molar refractivity (Wildman–Crippen MR) is 94.3 cm³/mol. The van der Waals surface area contributed by atoms with Crippen molar-refractivity contribution < 1.29 is 20.1 Å². The lowest BCUT2D eigenvalue weighted by atomic mass is 10.0. The Hall–Kier alpha value is -0.710. The first kappa shape index (κ1) is 22.3. The molecule has 0 rings (SSSR count). The highest BCUT2D eigenvalue weighted by molar-refractivity contribution is 5.83. The number of aliphatic hydroxyl groups is 3. The van der Waals surface area contributed by atoms with Crippen molar-refractivity contribution in [3.8, 4) is 0 Å². The number of hydrogen-bond donors (Lipinski definition) is 3. The molecule has 0 saturated heterocycles. The maximum absolute atomic E-state index is 11.5. The first-order valence-electron chi connectivity index (χ1n) is 9.28. The second-order valence-corrected chi connectivity index (χ2v) is 6.29. The van der Waals surface area contributed by atoms with E-state index < -0.39 is 18.8 Å². The summed E-state index contributed by atoms with van der Waals surface area (Å²) in [6.45, 7) is 1.64. The zero-order chi connectivity index (χ0) is 17.3. The van der Waals surface area contributed by atoms with Crippen molar-refractivity contribution in [3.05, 3.63) is 12.2 Å². The number of ketones is 1. The second kappa shape index (κ2) is 16.2. The third kappa shape index (κ3) is 13.4. The summed E-state index contributed by atoms with van der Waals surface area (Å²) in [4.78, 5) is 11.5. The highest BCUT2D eigenvalue weighted by Gasteiger charge is 2.22. The molecule has 0 fully saturated rings. The number of Topliss-reactive ketones (excluding diaryl/α,β-unsaturated/α-hetero) is 1. The van der Waals surface area contributed by atoms with Gasteiger partial charge in [-0.25, -0.2) is 0 Å². The van der Waals surface area contributed by atoms with Crippen LogP contribution in [0.25, 0.3) is 0 Å². The molecule has 23 heavy (non-hydrogen) atoms. The molecule has 0 heterocycles. The molecule has 0 aliphatic heterocycles. The summed E-state index contributed by atoms with van der Waals surface area (Å²) < 4.78 is 0. The first-order chi connectivity index (χ1) is 11.1. The quantitative estimate of drug-likeness (QED) is 0.299. The van der Waals surface area contributed by atoms with Gasteiger partial charge in [0, 0.05) is 6.42 Å². The molecular weight excluding hydrogens is 292 g/mol. The van der Waals surface area contributed by atoms with Crippen molar-refractivity contribution in [2.75, 3.05) is 6.61 Å². The second-order valence-electron chi connectivity index (χ2n) is 6.29. The van der Waals surface area contributed by atoms with Crippen molar-refractivity contribution in [1.29, 1.82) is 0 Å². The van der Waals surface area contributed by atoms with Crippen LogP contribution in [0, 0.1) is 0 Å². The Morgan fingerprint density at radius 3 is 1.96 bits per heavy atom. The number of allylic oxidation sites excluding steroid dienone is 2. The van der Waals surface area contributed by atoms with E-state index in [1.54, 1.807) is 0 Å². The van der Waals surface area contributed by atoms with Gasteiger partial charge in [-0.05, 0) is 32.1 Å². The minimum absolute atomic E-state index is 0.274. The highest BCUT2D eigenvalue weighted by atomic mass is 16.4. The van der Waals surface area contributed by atoms with E-state index in [2.05, 4.69) is 19.1 Å². The molecule has 0 aromatic heterocycles. The summed E-state index contributed by atoms with van der Waals surface area (Å²) in [5.74, 6) is -0.377. The Bertz CT molecular complexity index is 302. The Balaban J connectivity index is 3.36. The van der Waals surface area contributed by atoms with Crippen LogP contribution in [0.5, 0.6) is 0 Å². The highest BCUT2D eigenvalue weighted by Crippen LogP contribution is 2.10. The summed E-state index contributed by atoms with van der Waals surface area (Å²) in [6.07, 6.45) is 14.8. The molecule has 0 aliphatic carbocycles. The Labute approximate surface area is 141 Å². The third-order valence-corrected chi connectivity index (χ3v) is 4.07. The molecule has 0 spiro atoms. The monoisotopic (exact) mass is 328 g/mol. The molecule has 0 aliphatic rings. The van der Waals surface area contributed by atoms with Crippen molar-refractivity contribution in [3.63, 3.8) is 0 Å². The van der Waals surface area contributed by atoms with Gasteiger partial charge in [-0.15, -0.1) is 0 Å². The molecular formula is C19H36O4. The van der Waals surface area contributed by atoms with Crippen molar-refractivity contribution in [1.82, 2.24) is 0 Å². The van der Waals surface area contributed by atoms with E-state index in [9.17, 15) is 15.0 Å². The standard InChI is InChI=1S/C19H36O4/c1-2-3-4-5-6-7-8-9-10-11-12-13-14-15-17(21)19(23)18(22)16-20/h7-8,18-20,22-23H,2-6,9-16H2,1H3/t18-,19+/m0/s1. The molecule has 0 bridgehead atoms. The number of rotatable bonds is 16. The topological polar surface area (TPSA) is 77.8 Å². The van der Waals surface area contributed by atoms with E-state index >= 15 is 0 Å². The van der Waals surface area contributed by atoms with Gasteiger partial charge in [0.05, 0.1) is 6.61 Å². The van der Waals surface area contributed by atoms with E-state index in [1.807, 2.05) is 0 Å². The lowest BCUT2D eigenvalue weighted by Gasteiger charge is -2.13. The Morgan fingerprint density at radius 2 is 1.39 bits per heavy atom. The van der Waals surface area contributed by atoms with E-state index in [0.29, 0.717) is 0 Å². The molecule has 0 unspecified atom stereocenters. The summed E-state index contributed by atoms with van der Waals surface area (Å²) >= 11 is 0. The SMILES string of the molecule is CCCCCCC=CCCCCCCCC(=O)[C@@H](O)[C@@H](O)CO. The fourth-order valence-electron chi connectivity index (χ4n) is 2.48. The van der Waals surface area contributed by atoms with Crippen molar-refractivity contribution in [2.45, 2.75) is 96.2 Å². The van der Waals surface area contributed by atoms with Crippen LogP contribution in [-0.2, 0) is 4.79 Å². The van der Waals surface area contributed by atoms with E-state index in [4.69, 9.17) is 5.11 Å². The number of carbonyl (C=O) groups excluding carboxylic acids is 1. The number of carbonyl (C=O) groups is 1. The smallest absolute Gasteiger partial charge is 0.164 e. The molecule has 0 saturated carbocycles. The van der Waals surface area contributed by atoms with E-state index in [-0.39, 0.29) is 12.2 Å². The lowest BCUT2D eigenvalue weighted by molar-refractivity contribution is -0.134. The molecule has 4 heteroatoms. The molecule has 3 N–H and O–H groups in total. The molecule has 0 aromatic carbocycles. The van der Waals surface area contributed by atoms with Crippen LogP contribution < -0.4 is 0 Å². The van der Waals surface area contributed by atoms with Crippen LogP contribution in [-0.4, -0.2) is 39.9 Å². The van der Waals surface area contributed by atoms with Gasteiger partial charge in [-0.2, -0.15) is 0 Å². The van der Waals surface area contributed by atoms with Crippen LogP contribution >= 0.6 is 0 Å². The van der Waals surface area contributed by atoms with Crippen LogP contribution in [0.2, 0.25) is 0 Å². The zero-order valence-corrected chi connectivity index (χ0v) is 14.8. The minimum atomic E-state index is -1.44. The van der Waals surface area contributed by atoms with Crippen LogP contribution in [0.4, 0.5) is 0 Å². The molecule has 0 amide bonds. The van der Waals surface area contributed by atoms with E-state index in [0.717, 1.165) is 32.1 Å². The van der Waals surface area contributed by atoms with Gasteiger partial charge >= 0.3 is 0 Å². The molecule has 4 nitrogen and oxygen atoms in total. The average molecular weight is 328 g/mol. The number of aliphatic hydroxyl groups excluding tert-OH is 3. The van der Waals surface area contributed by atoms with Crippen LogP contribution in [0.15, 0.2) is 12.2 Å². The fraction of sp³-hybridized carbons (Fsp3) is 0.842. The van der Waals surface area contributed by atoms with Gasteiger partial charge in [0.25, 0.3) is 0 Å². The Kier molecular flexibility index (Phi) is 15.7. The maximum Gasteiger partial charge on any atom is 0.164 e. The lowest BCUT2D eigenvalue weighted by Crippen LogP contribution is -2.36. The minimum Gasteiger partial charge on any atom is -0.394 e. The number of unbranched alkanes of at least 4 members (excludes halogenated alkanes) is 9. The zero-order valence-electron chi connectivity index (χ0n) is 14.8. The summed E-state index contributed by atoms with van der Waals surface area (Å²) in [5.41, 5.74) is 0. The largest absolute Gasteiger partial charge is 0.394 e. The van der Waals surface area contributed by atoms with Crippen molar-refractivity contribution in [2.24, 2.45) is 0 Å². The molecule has 0 aromatic rings. The van der Waals surface area contributed by atoms with Gasteiger partial charge < -0.3 is 15.3 Å². The van der Waals surface area contributed by atoms with Crippen molar-refractivity contribution >= 4 is 5.78 Å². The van der Waals surface area contributed by atoms with Gasteiger partial charge in [0.2, 0.25) is 0 Å². The fourth-order valence-corrected chi connectivity index (χ4v) is 2.48. The maximum atomic E-state index is 11.5. The van der Waals surface area contributed by atoms with Gasteiger partial charge in [0.1, 0.15) is 12.2 Å². The average Bonchev–Trinajstić information content (AvgIpc) is 2.57. The number of hydrogen-bond acceptors (Lipinski definition) is 4. The van der Waals surface area contributed by atoms with Crippen LogP contribution in [0.3, 0.4) is 0 Å². The summed E-state index contributed by atoms with van der Waals surface area (Å²) in [6, 6.07) is 0. The summed E-state index contributed by atoms with van der Waals surface area (Å²) in [7, 11) is 0. The summed E-state index contributed by atoms with van der Waals surface area (Å²) in [5, 5.41) is 27.3. The van der Waals surface area contributed by atoms with Gasteiger partial charge in [-0.1, -0.05) is 57.6 Å². The van der Waals surface area contributed by atoms with Crippen LogP contribution in [0.1, 0.15) is 84.0 Å². The Morgan fingerprint density at radius 1 is 0.870 bits per heavy atom. The first-order valence-corrected chi connectivity index (χ1v) is 9.28. The van der Waals surface area contributed by atoms with Gasteiger partial charge in [0.15, 0.2) is 5.78 Å². The van der Waals surface area contributed by atoms with E-state index in [1.165, 1.54) is 38.5 Å².